The molecule has 1 aliphatic rings. The highest BCUT2D eigenvalue weighted by Gasteiger charge is 2.27. The van der Waals surface area contributed by atoms with E-state index in [-0.39, 0.29) is 11.3 Å². The highest BCUT2D eigenvalue weighted by atomic mass is 79.9. The first-order valence-corrected chi connectivity index (χ1v) is 9.81. The van der Waals surface area contributed by atoms with E-state index in [0.29, 0.717) is 5.69 Å². The highest BCUT2D eigenvalue weighted by Crippen LogP contribution is 2.28. The molecule has 6 nitrogen and oxygen atoms in total. The van der Waals surface area contributed by atoms with Crippen LogP contribution in [0.5, 0.6) is 5.75 Å². The van der Waals surface area contributed by atoms with E-state index in [9.17, 15) is 9.59 Å². The Morgan fingerprint density at radius 1 is 1.07 bits per heavy atom. The summed E-state index contributed by atoms with van der Waals surface area (Å²) in [7, 11) is 0. The van der Waals surface area contributed by atoms with E-state index >= 15 is 0 Å². The second kappa shape index (κ2) is 7.59. The topological polar surface area (TPSA) is 87.2 Å². The normalized spacial score (nSPS) is 13.0. The minimum absolute atomic E-state index is 0.267. The predicted molar refractivity (Wildman–Crippen MR) is 108 cm³/mol. The Bertz CT molecular complexity index is 1070. The van der Waals surface area contributed by atoms with Crippen LogP contribution < -0.4 is 10.5 Å². The lowest BCUT2D eigenvalue weighted by Gasteiger charge is -2.14. The van der Waals surface area contributed by atoms with Gasteiger partial charge in [0.15, 0.2) is 5.69 Å². The van der Waals surface area contributed by atoms with Crippen molar-refractivity contribution in [3.63, 3.8) is 0 Å². The Balaban J connectivity index is 1.70. The summed E-state index contributed by atoms with van der Waals surface area (Å²) < 4.78 is 8.27. The number of nitrogens with zero attached hydrogens (tertiary/aromatic N) is 2. The van der Waals surface area contributed by atoms with Crippen LogP contribution in [-0.4, -0.2) is 21.7 Å². The smallest absolute Gasteiger partial charge is 0.364 e. The molecule has 0 saturated carbocycles. The minimum Gasteiger partial charge on any atom is -0.422 e. The van der Waals surface area contributed by atoms with Crippen molar-refractivity contribution >= 4 is 27.8 Å². The number of halogens is 1. The molecule has 2 N–H and O–H groups in total. The summed E-state index contributed by atoms with van der Waals surface area (Å²) in [5.74, 6) is -0.842. The molecule has 1 heterocycles. The van der Waals surface area contributed by atoms with E-state index in [1.165, 1.54) is 6.07 Å². The number of benzene rings is 2. The van der Waals surface area contributed by atoms with Crippen LogP contribution >= 0.6 is 15.9 Å². The van der Waals surface area contributed by atoms with Gasteiger partial charge in [-0.05, 0) is 62.1 Å². The first-order chi connectivity index (χ1) is 13.5. The van der Waals surface area contributed by atoms with Crippen LogP contribution in [0.2, 0.25) is 0 Å². The lowest BCUT2D eigenvalue weighted by atomic mass is 9.95. The van der Waals surface area contributed by atoms with Gasteiger partial charge in [-0.1, -0.05) is 28.1 Å². The van der Waals surface area contributed by atoms with E-state index in [4.69, 9.17) is 10.5 Å². The van der Waals surface area contributed by atoms with E-state index in [1.54, 1.807) is 18.2 Å². The summed E-state index contributed by atoms with van der Waals surface area (Å²) in [6, 6.07) is 14.1. The van der Waals surface area contributed by atoms with Gasteiger partial charge in [0.05, 0.1) is 5.69 Å². The molecule has 0 unspecified atom stereocenters. The molecule has 4 rings (SSSR count). The van der Waals surface area contributed by atoms with Crippen molar-refractivity contribution in [3.05, 3.63) is 75.5 Å². The number of ether oxygens (including phenoxy) is 1. The number of hydrogen-bond acceptors (Lipinski definition) is 4. The Kier molecular flexibility index (Phi) is 5.00. The second-order valence-corrected chi connectivity index (χ2v) is 7.57. The molecule has 7 heteroatoms. The fourth-order valence-corrected chi connectivity index (χ4v) is 3.84. The van der Waals surface area contributed by atoms with Gasteiger partial charge < -0.3 is 10.5 Å². The molecule has 142 valence electrons. The van der Waals surface area contributed by atoms with Crippen molar-refractivity contribution < 1.29 is 14.3 Å². The zero-order valence-electron chi connectivity index (χ0n) is 15.0. The van der Waals surface area contributed by atoms with Crippen molar-refractivity contribution in [2.45, 2.75) is 25.7 Å². The van der Waals surface area contributed by atoms with Gasteiger partial charge in [-0.2, -0.15) is 5.10 Å². The maximum atomic E-state index is 12.9. The van der Waals surface area contributed by atoms with Gasteiger partial charge in [-0.15, -0.1) is 0 Å². The third-order valence-corrected chi connectivity index (χ3v) is 5.25. The molecule has 0 radical (unpaired) electrons. The van der Waals surface area contributed by atoms with Crippen molar-refractivity contribution in [2.24, 2.45) is 5.73 Å². The van der Waals surface area contributed by atoms with E-state index in [2.05, 4.69) is 21.0 Å². The van der Waals surface area contributed by atoms with Crippen LogP contribution in [0.4, 0.5) is 0 Å². The fourth-order valence-electron chi connectivity index (χ4n) is 3.45. The SMILES string of the molecule is NC(=O)c1cccc(OC(=O)c2nn(-c3cccc(Br)c3)c3c2CCCC3)c1. The van der Waals surface area contributed by atoms with Crippen LogP contribution in [0, 0.1) is 0 Å². The number of primary amides is 1. The first-order valence-electron chi connectivity index (χ1n) is 9.01. The summed E-state index contributed by atoms with van der Waals surface area (Å²) in [4.78, 5) is 24.2. The van der Waals surface area contributed by atoms with Gasteiger partial charge >= 0.3 is 5.97 Å². The number of carbonyl (C=O) groups excluding carboxylic acids is 2. The van der Waals surface area contributed by atoms with Gasteiger partial charge in [0.1, 0.15) is 5.75 Å². The lowest BCUT2D eigenvalue weighted by molar-refractivity contribution is 0.0725. The summed E-state index contributed by atoms with van der Waals surface area (Å²) in [5.41, 5.74) is 8.77. The molecule has 0 aliphatic heterocycles. The molecule has 28 heavy (non-hydrogen) atoms. The van der Waals surface area contributed by atoms with Gasteiger partial charge in [0.2, 0.25) is 5.91 Å². The zero-order chi connectivity index (χ0) is 19.7. The number of fused-ring (bicyclic) bond motifs is 1. The Hall–Kier alpha value is -2.93. The molecule has 0 bridgehead atoms. The Morgan fingerprint density at radius 3 is 2.64 bits per heavy atom. The summed E-state index contributed by atoms with van der Waals surface area (Å²) >= 11 is 3.48. The average molecular weight is 440 g/mol. The molecule has 0 spiro atoms. The molecule has 0 atom stereocenters. The fraction of sp³-hybridized carbons (Fsp3) is 0.190. The standard InChI is InChI=1S/C21H18BrN3O3/c22-14-6-4-7-15(12-14)25-18-10-2-1-9-17(18)19(24-25)21(27)28-16-8-3-5-13(11-16)20(23)26/h3-8,11-12H,1-2,9-10H2,(H2,23,26). The Morgan fingerprint density at radius 2 is 1.86 bits per heavy atom. The van der Waals surface area contributed by atoms with E-state index in [1.807, 2.05) is 28.9 Å². The summed E-state index contributed by atoms with van der Waals surface area (Å²) in [5, 5.41) is 4.59. The van der Waals surface area contributed by atoms with Crippen molar-refractivity contribution in [1.82, 2.24) is 9.78 Å². The maximum Gasteiger partial charge on any atom is 0.364 e. The number of carbonyl (C=O) groups is 2. The van der Waals surface area contributed by atoms with Crippen molar-refractivity contribution in [2.75, 3.05) is 0 Å². The van der Waals surface area contributed by atoms with E-state index in [0.717, 1.165) is 47.1 Å². The largest absolute Gasteiger partial charge is 0.422 e. The zero-order valence-corrected chi connectivity index (χ0v) is 16.6. The molecule has 0 fully saturated rings. The number of aromatic nitrogens is 2. The van der Waals surface area contributed by atoms with Crippen LogP contribution in [0.25, 0.3) is 5.69 Å². The van der Waals surface area contributed by atoms with Gasteiger partial charge in [0, 0.05) is 21.3 Å². The van der Waals surface area contributed by atoms with E-state index < -0.39 is 11.9 Å². The van der Waals surface area contributed by atoms with Crippen LogP contribution in [-0.2, 0) is 12.8 Å². The van der Waals surface area contributed by atoms with Crippen LogP contribution in [0.15, 0.2) is 53.0 Å². The number of amides is 1. The number of rotatable bonds is 4. The first kappa shape index (κ1) is 18.4. The van der Waals surface area contributed by atoms with Crippen molar-refractivity contribution in [3.8, 4) is 11.4 Å². The number of hydrogen-bond donors (Lipinski definition) is 1. The number of esters is 1. The molecule has 1 aliphatic carbocycles. The molecular formula is C21H18BrN3O3. The van der Waals surface area contributed by atoms with Gasteiger partial charge in [-0.3, -0.25) is 4.79 Å². The third-order valence-electron chi connectivity index (χ3n) is 4.76. The van der Waals surface area contributed by atoms with Gasteiger partial charge in [-0.25, -0.2) is 9.48 Å². The molecule has 2 aromatic carbocycles. The summed E-state index contributed by atoms with van der Waals surface area (Å²) in [6.07, 6.45) is 3.71. The summed E-state index contributed by atoms with van der Waals surface area (Å²) in [6.45, 7) is 0. The molecule has 1 aromatic heterocycles. The van der Waals surface area contributed by atoms with Crippen molar-refractivity contribution in [1.29, 1.82) is 0 Å². The molecule has 3 aromatic rings. The third kappa shape index (κ3) is 3.57. The monoisotopic (exact) mass is 439 g/mol. The maximum absolute atomic E-state index is 12.9. The lowest BCUT2D eigenvalue weighted by Crippen LogP contribution is -2.14. The quantitative estimate of drug-likeness (QED) is 0.494. The molecule has 1 amide bonds. The van der Waals surface area contributed by atoms with Gasteiger partial charge in [0.25, 0.3) is 0 Å². The van der Waals surface area contributed by atoms with Crippen LogP contribution in [0.3, 0.4) is 0 Å². The second-order valence-electron chi connectivity index (χ2n) is 6.65. The minimum atomic E-state index is -0.575. The predicted octanol–water partition coefficient (Wildman–Crippen LogP) is 3.83. The highest BCUT2D eigenvalue weighted by molar-refractivity contribution is 9.10. The average Bonchev–Trinajstić information content (AvgIpc) is 3.08. The molecule has 0 saturated heterocycles. The number of nitrogens with two attached hydrogens (primary N) is 1. The molecular weight excluding hydrogens is 422 g/mol. The Labute approximate surface area is 170 Å². The van der Waals surface area contributed by atoms with Crippen LogP contribution in [0.1, 0.15) is 44.9 Å².